The lowest BCUT2D eigenvalue weighted by molar-refractivity contribution is -0.140. The summed E-state index contributed by atoms with van der Waals surface area (Å²) in [6.45, 7) is 1.94. The summed E-state index contributed by atoms with van der Waals surface area (Å²) < 4.78 is 6.95. The topological polar surface area (TPSA) is 64.4 Å². The monoisotopic (exact) mass is 489 g/mol. The molecule has 1 aromatic heterocycles. The lowest BCUT2D eigenvalue weighted by Gasteiger charge is -2.42. The number of likely N-dealkylation sites (tertiary alicyclic amines) is 1. The van der Waals surface area contributed by atoms with Crippen molar-refractivity contribution < 1.29 is 14.3 Å². The minimum Gasteiger partial charge on any atom is -0.465 e. The van der Waals surface area contributed by atoms with Crippen molar-refractivity contribution in [2.75, 3.05) is 20.2 Å². The minimum atomic E-state index is -0.315. The molecule has 1 aliphatic heterocycles. The number of piperidine rings is 1. The number of benzene rings is 1. The number of nitrogens with zero attached hydrogens (tertiary/aromatic N) is 3. The summed E-state index contributed by atoms with van der Waals surface area (Å²) in [6, 6.07) is 8.60. The van der Waals surface area contributed by atoms with Crippen LogP contribution in [0.2, 0.25) is 0 Å². The fraction of sp³-hybridized carbons (Fsp3) is 0.633. The van der Waals surface area contributed by atoms with Gasteiger partial charge >= 0.3 is 5.97 Å². The molecule has 1 aromatic carbocycles. The van der Waals surface area contributed by atoms with E-state index in [0.717, 1.165) is 63.0 Å². The maximum Gasteiger partial charge on any atom is 0.341 e. The Morgan fingerprint density at radius 1 is 1.00 bits per heavy atom. The summed E-state index contributed by atoms with van der Waals surface area (Å²) in [5, 5.41) is 4.60. The van der Waals surface area contributed by atoms with Gasteiger partial charge in [-0.2, -0.15) is 5.10 Å². The Balaban J connectivity index is 1.19. The first-order chi connectivity index (χ1) is 17.6. The Morgan fingerprint density at radius 3 is 2.58 bits per heavy atom. The largest absolute Gasteiger partial charge is 0.465 e. The average molecular weight is 490 g/mol. The maximum absolute atomic E-state index is 13.6. The van der Waals surface area contributed by atoms with Crippen molar-refractivity contribution in [2.45, 2.75) is 88.9 Å². The van der Waals surface area contributed by atoms with Crippen LogP contribution in [-0.4, -0.2) is 46.8 Å². The quantitative estimate of drug-likeness (QED) is 0.484. The van der Waals surface area contributed by atoms with Crippen molar-refractivity contribution in [2.24, 2.45) is 11.3 Å². The van der Waals surface area contributed by atoms with Crippen LogP contribution in [0.25, 0.3) is 5.69 Å². The van der Waals surface area contributed by atoms with Crippen LogP contribution in [0.15, 0.2) is 30.5 Å². The third kappa shape index (κ3) is 4.48. The fourth-order valence-corrected chi connectivity index (χ4v) is 7.40. The van der Waals surface area contributed by atoms with Crippen LogP contribution < -0.4 is 0 Å². The summed E-state index contributed by atoms with van der Waals surface area (Å²) in [5.41, 5.74) is 4.25. The molecule has 2 heterocycles. The molecule has 6 nitrogen and oxygen atoms in total. The Hall–Kier alpha value is -2.63. The summed E-state index contributed by atoms with van der Waals surface area (Å²) in [6.07, 6.45) is 15.8. The molecule has 1 amide bonds. The van der Waals surface area contributed by atoms with Gasteiger partial charge in [0.2, 0.25) is 5.91 Å². The van der Waals surface area contributed by atoms with Crippen molar-refractivity contribution in [3.8, 4) is 5.69 Å². The Labute approximate surface area is 214 Å². The lowest BCUT2D eigenvalue weighted by Crippen LogP contribution is -2.47. The van der Waals surface area contributed by atoms with Gasteiger partial charge in [0, 0.05) is 24.9 Å². The number of hydrogen-bond acceptors (Lipinski definition) is 4. The molecule has 0 bridgehead atoms. The molecule has 0 N–H and O–H groups in total. The van der Waals surface area contributed by atoms with E-state index in [-0.39, 0.29) is 11.9 Å². The van der Waals surface area contributed by atoms with Gasteiger partial charge < -0.3 is 9.64 Å². The zero-order chi connectivity index (χ0) is 24.7. The number of rotatable bonds is 5. The van der Waals surface area contributed by atoms with Crippen molar-refractivity contribution in [1.82, 2.24) is 14.7 Å². The molecule has 2 aromatic rings. The first-order valence-corrected chi connectivity index (χ1v) is 14.1. The maximum atomic E-state index is 13.6. The van der Waals surface area contributed by atoms with Crippen LogP contribution in [0.3, 0.4) is 0 Å². The van der Waals surface area contributed by atoms with Crippen molar-refractivity contribution in [3.63, 3.8) is 0 Å². The highest BCUT2D eigenvalue weighted by molar-refractivity contribution is 5.91. The molecule has 2 atom stereocenters. The van der Waals surface area contributed by atoms with Crippen LogP contribution in [0.1, 0.15) is 111 Å². The van der Waals surface area contributed by atoms with Crippen LogP contribution in [-0.2, 0) is 9.53 Å². The lowest BCUT2D eigenvalue weighted by atomic mass is 9.75. The zero-order valence-corrected chi connectivity index (χ0v) is 21.6. The second-order valence-electron chi connectivity index (χ2n) is 11.8. The van der Waals surface area contributed by atoms with Crippen LogP contribution in [0.5, 0.6) is 0 Å². The van der Waals surface area contributed by atoms with Gasteiger partial charge in [-0.05, 0) is 86.8 Å². The van der Waals surface area contributed by atoms with Gasteiger partial charge in [0.1, 0.15) is 5.56 Å². The Morgan fingerprint density at radius 2 is 1.81 bits per heavy atom. The van der Waals surface area contributed by atoms with E-state index < -0.39 is 0 Å². The van der Waals surface area contributed by atoms with E-state index >= 15 is 0 Å². The van der Waals surface area contributed by atoms with E-state index in [1.165, 1.54) is 51.2 Å². The van der Waals surface area contributed by atoms with E-state index in [0.29, 0.717) is 28.7 Å². The molecule has 4 aliphatic rings. The van der Waals surface area contributed by atoms with Gasteiger partial charge in [0.15, 0.2) is 0 Å². The van der Waals surface area contributed by atoms with Gasteiger partial charge in [-0.25, -0.2) is 9.48 Å². The molecule has 6 heteroatoms. The van der Waals surface area contributed by atoms with Crippen LogP contribution in [0, 0.1) is 11.3 Å². The van der Waals surface area contributed by atoms with Gasteiger partial charge in [-0.3, -0.25) is 4.79 Å². The predicted octanol–water partition coefficient (Wildman–Crippen LogP) is 5.99. The standard InChI is InChI=1S/C30H39N3O3/c1-36-29(35)26-19-31-33(27(26)21-11-12-21)25-10-5-8-23(18-25)22-7-4-9-24(17-22)28(34)32-16-6-15-30(20-32)13-2-3-14-30/h5,8,10,18-19,21-22,24H,2-4,6-7,9,11-17,20H2,1H3/t22-,24+/m0/s1. The zero-order valence-electron chi connectivity index (χ0n) is 21.6. The third-order valence-corrected chi connectivity index (χ3v) is 9.42. The predicted molar refractivity (Wildman–Crippen MR) is 138 cm³/mol. The van der Waals surface area contributed by atoms with Crippen LogP contribution in [0.4, 0.5) is 0 Å². The molecule has 0 unspecified atom stereocenters. The second-order valence-corrected chi connectivity index (χ2v) is 11.8. The number of esters is 1. The number of amides is 1. The van der Waals surface area contributed by atoms with Gasteiger partial charge in [-0.1, -0.05) is 31.4 Å². The molecular weight excluding hydrogens is 450 g/mol. The van der Waals surface area contributed by atoms with Gasteiger partial charge in [-0.15, -0.1) is 0 Å². The Kier molecular flexibility index (Phi) is 6.38. The van der Waals surface area contributed by atoms with Crippen molar-refractivity contribution in [1.29, 1.82) is 0 Å². The first-order valence-electron chi connectivity index (χ1n) is 14.1. The smallest absolute Gasteiger partial charge is 0.341 e. The number of methoxy groups -OCH3 is 1. The molecule has 1 saturated heterocycles. The first kappa shape index (κ1) is 23.7. The fourth-order valence-electron chi connectivity index (χ4n) is 7.40. The molecule has 3 aliphatic carbocycles. The number of carbonyl (C=O) groups excluding carboxylic acids is 2. The highest BCUT2D eigenvalue weighted by Gasteiger charge is 2.41. The van der Waals surface area contributed by atoms with Crippen molar-refractivity contribution in [3.05, 3.63) is 47.3 Å². The normalized spacial score (nSPS) is 25.8. The van der Waals surface area contributed by atoms with E-state index in [4.69, 9.17) is 4.74 Å². The van der Waals surface area contributed by atoms with E-state index in [1.807, 2.05) is 4.68 Å². The van der Waals surface area contributed by atoms with E-state index in [9.17, 15) is 9.59 Å². The summed E-state index contributed by atoms with van der Waals surface area (Å²) in [5.74, 6) is 0.992. The highest BCUT2D eigenvalue weighted by Crippen LogP contribution is 2.46. The second kappa shape index (κ2) is 9.68. The van der Waals surface area contributed by atoms with Crippen LogP contribution >= 0.6 is 0 Å². The van der Waals surface area contributed by atoms with E-state index in [2.05, 4.69) is 34.3 Å². The molecule has 36 heavy (non-hydrogen) atoms. The van der Waals surface area contributed by atoms with E-state index in [1.54, 1.807) is 6.20 Å². The third-order valence-electron chi connectivity index (χ3n) is 9.42. The highest BCUT2D eigenvalue weighted by atomic mass is 16.5. The van der Waals surface area contributed by atoms with Crippen molar-refractivity contribution >= 4 is 11.9 Å². The molecule has 0 radical (unpaired) electrons. The van der Waals surface area contributed by atoms with Gasteiger partial charge in [0.25, 0.3) is 0 Å². The number of carbonyl (C=O) groups is 2. The number of aromatic nitrogens is 2. The molecular formula is C30H39N3O3. The number of ether oxygens (including phenoxy) is 1. The Bertz CT molecular complexity index is 1130. The SMILES string of the molecule is COC(=O)c1cnn(-c2cccc([C@H]3CCC[C@@H](C(=O)N4CCCC5(CCCC5)C4)C3)c2)c1C1CC1. The summed E-state index contributed by atoms with van der Waals surface area (Å²) in [7, 11) is 1.43. The molecule has 192 valence electrons. The number of hydrogen-bond donors (Lipinski definition) is 0. The molecule has 4 fully saturated rings. The van der Waals surface area contributed by atoms with Gasteiger partial charge in [0.05, 0.1) is 24.7 Å². The summed E-state index contributed by atoms with van der Waals surface area (Å²) in [4.78, 5) is 28.2. The minimum absolute atomic E-state index is 0.140. The molecule has 6 rings (SSSR count). The average Bonchev–Trinajstić information content (AvgIpc) is 3.51. The molecule has 3 saturated carbocycles. The molecule has 1 spiro atoms. The summed E-state index contributed by atoms with van der Waals surface area (Å²) >= 11 is 0.